The van der Waals surface area contributed by atoms with Crippen LogP contribution < -0.4 is 10.1 Å². The summed E-state index contributed by atoms with van der Waals surface area (Å²) in [6, 6.07) is 14.5. The standard InChI is InChI=1S/C22H29NO2S/c1-5-20(25-21-8-6-7-17(3)18(21)4)22(24)23-13-14-26-15-19-11-9-16(2)10-12-19/h6-12,20H,5,13-15H2,1-4H3,(H,23,24)/t20-/m0/s1. The Kier molecular flexibility index (Phi) is 8.05. The summed E-state index contributed by atoms with van der Waals surface area (Å²) < 4.78 is 5.96. The van der Waals surface area contributed by atoms with E-state index in [1.54, 1.807) is 0 Å². The molecule has 0 saturated heterocycles. The van der Waals surface area contributed by atoms with E-state index < -0.39 is 6.10 Å². The zero-order valence-electron chi connectivity index (χ0n) is 16.2. The van der Waals surface area contributed by atoms with E-state index in [1.165, 1.54) is 16.7 Å². The summed E-state index contributed by atoms with van der Waals surface area (Å²) in [5.41, 5.74) is 4.86. The van der Waals surface area contributed by atoms with Crippen LogP contribution in [0.1, 0.15) is 35.6 Å². The Morgan fingerprint density at radius 2 is 1.85 bits per heavy atom. The van der Waals surface area contributed by atoms with E-state index in [1.807, 2.05) is 37.7 Å². The first-order valence-corrected chi connectivity index (χ1v) is 10.3. The van der Waals surface area contributed by atoms with Gasteiger partial charge < -0.3 is 10.1 Å². The molecule has 2 aromatic carbocycles. The van der Waals surface area contributed by atoms with Crippen LogP contribution >= 0.6 is 11.8 Å². The van der Waals surface area contributed by atoms with Crippen LogP contribution in [0.15, 0.2) is 42.5 Å². The molecule has 0 saturated carbocycles. The Bertz CT molecular complexity index is 713. The number of hydrogen-bond donors (Lipinski definition) is 1. The molecule has 0 spiro atoms. The molecule has 1 N–H and O–H groups in total. The minimum atomic E-state index is -0.447. The molecule has 0 radical (unpaired) electrons. The lowest BCUT2D eigenvalue weighted by atomic mass is 10.1. The summed E-state index contributed by atoms with van der Waals surface area (Å²) in [4.78, 5) is 12.4. The summed E-state index contributed by atoms with van der Waals surface area (Å²) in [6.07, 6.45) is 0.202. The third-order valence-corrected chi connectivity index (χ3v) is 5.45. The lowest BCUT2D eigenvalue weighted by Crippen LogP contribution is -2.39. The summed E-state index contributed by atoms with van der Waals surface area (Å²) in [5, 5.41) is 3.00. The van der Waals surface area contributed by atoms with E-state index in [0.29, 0.717) is 13.0 Å². The molecule has 140 valence electrons. The maximum Gasteiger partial charge on any atom is 0.261 e. The number of nitrogens with one attached hydrogen (secondary N) is 1. The highest BCUT2D eigenvalue weighted by Gasteiger charge is 2.18. The first kappa shape index (κ1) is 20.4. The molecule has 0 heterocycles. The minimum absolute atomic E-state index is 0.0376. The van der Waals surface area contributed by atoms with Gasteiger partial charge in [-0.05, 0) is 49.9 Å². The first-order valence-electron chi connectivity index (χ1n) is 9.15. The average molecular weight is 372 g/mol. The van der Waals surface area contributed by atoms with Gasteiger partial charge in [-0.15, -0.1) is 0 Å². The Morgan fingerprint density at radius 3 is 2.54 bits per heavy atom. The van der Waals surface area contributed by atoms with Gasteiger partial charge in [-0.25, -0.2) is 0 Å². The molecule has 0 aliphatic heterocycles. The van der Waals surface area contributed by atoms with Gasteiger partial charge in [0, 0.05) is 18.1 Å². The van der Waals surface area contributed by atoms with Crippen molar-refractivity contribution in [2.24, 2.45) is 0 Å². The lowest BCUT2D eigenvalue weighted by Gasteiger charge is -2.19. The fourth-order valence-electron chi connectivity index (χ4n) is 2.56. The molecular formula is C22H29NO2S. The monoisotopic (exact) mass is 371 g/mol. The van der Waals surface area contributed by atoms with E-state index in [0.717, 1.165) is 22.8 Å². The summed E-state index contributed by atoms with van der Waals surface area (Å²) >= 11 is 1.83. The average Bonchev–Trinajstić information content (AvgIpc) is 2.64. The van der Waals surface area contributed by atoms with E-state index in [9.17, 15) is 4.79 Å². The Morgan fingerprint density at radius 1 is 1.12 bits per heavy atom. The second-order valence-electron chi connectivity index (χ2n) is 6.54. The topological polar surface area (TPSA) is 38.3 Å². The number of hydrogen-bond acceptors (Lipinski definition) is 3. The lowest BCUT2D eigenvalue weighted by molar-refractivity contribution is -0.128. The van der Waals surface area contributed by atoms with Crippen LogP contribution in [0, 0.1) is 20.8 Å². The van der Waals surface area contributed by atoms with Crippen molar-refractivity contribution >= 4 is 17.7 Å². The Balaban J connectivity index is 1.74. The molecule has 4 heteroatoms. The second-order valence-corrected chi connectivity index (χ2v) is 7.65. The number of benzene rings is 2. The minimum Gasteiger partial charge on any atom is -0.480 e. The van der Waals surface area contributed by atoms with Crippen LogP contribution in [0.25, 0.3) is 0 Å². The predicted molar refractivity (Wildman–Crippen MR) is 111 cm³/mol. The fourth-order valence-corrected chi connectivity index (χ4v) is 3.38. The van der Waals surface area contributed by atoms with Gasteiger partial charge in [-0.3, -0.25) is 4.79 Å². The normalized spacial score (nSPS) is 11.8. The molecule has 26 heavy (non-hydrogen) atoms. The number of aryl methyl sites for hydroxylation is 2. The molecule has 1 atom stereocenters. The highest BCUT2D eigenvalue weighted by atomic mass is 32.2. The van der Waals surface area contributed by atoms with Gasteiger partial charge in [0.1, 0.15) is 5.75 Å². The largest absolute Gasteiger partial charge is 0.480 e. The van der Waals surface area contributed by atoms with Gasteiger partial charge in [0.25, 0.3) is 5.91 Å². The predicted octanol–water partition coefficient (Wildman–Crippen LogP) is 4.82. The summed E-state index contributed by atoms with van der Waals surface area (Å²) in [6.45, 7) is 8.80. The molecule has 0 unspecified atom stereocenters. The van der Waals surface area contributed by atoms with Crippen molar-refractivity contribution in [2.45, 2.75) is 46.0 Å². The highest BCUT2D eigenvalue weighted by Crippen LogP contribution is 2.22. The molecule has 0 fully saturated rings. The number of amides is 1. The molecule has 1 amide bonds. The van der Waals surface area contributed by atoms with Crippen LogP contribution in [-0.4, -0.2) is 24.3 Å². The van der Waals surface area contributed by atoms with Crippen molar-refractivity contribution in [2.75, 3.05) is 12.3 Å². The molecule has 2 rings (SSSR count). The van der Waals surface area contributed by atoms with Crippen LogP contribution in [0.2, 0.25) is 0 Å². The number of thioether (sulfide) groups is 1. The molecule has 2 aromatic rings. The van der Waals surface area contributed by atoms with Gasteiger partial charge in [0.05, 0.1) is 0 Å². The molecule has 0 bridgehead atoms. The van der Waals surface area contributed by atoms with Crippen LogP contribution in [0.4, 0.5) is 0 Å². The molecule has 0 aromatic heterocycles. The van der Waals surface area contributed by atoms with Crippen molar-refractivity contribution in [3.05, 3.63) is 64.7 Å². The van der Waals surface area contributed by atoms with Gasteiger partial charge >= 0.3 is 0 Å². The van der Waals surface area contributed by atoms with E-state index in [-0.39, 0.29) is 5.91 Å². The van der Waals surface area contributed by atoms with Crippen molar-refractivity contribution < 1.29 is 9.53 Å². The number of rotatable bonds is 9. The fraction of sp³-hybridized carbons (Fsp3) is 0.409. The zero-order valence-corrected chi connectivity index (χ0v) is 17.0. The van der Waals surface area contributed by atoms with E-state index >= 15 is 0 Å². The third kappa shape index (κ3) is 6.10. The van der Waals surface area contributed by atoms with Gasteiger partial charge in [-0.2, -0.15) is 11.8 Å². The van der Waals surface area contributed by atoms with Gasteiger partial charge in [-0.1, -0.05) is 48.9 Å². The number of carbonyl (C=O) groups is 1. The van der Waals surface area contributed by atoms with E-state index in [4.69, 9.17) is 4.74 Å². The Labute approximate surface area is 161 Å². The van der Waals surface area contributed by atoms with Crippen molar-refractivity contribution in [1.29, 1.82) is 0 Å². The zero-order chi connectivity index (χ0) is 18.9. The quantitative estimate of drug-likeness (QED) is 0.642. The molecular weight excluding hydrogens is 342 g/mol. The number of carbonyl (C=O) groups excluding carboxylic acids is 1. The molecule has 0 aliphatic carbocycles. The van der Waals surface area contributed by atoms with E-state index in [2.05, 4.69) is 49.5 Å². The molecule has 3 nitrogen and oxygen atoms in total. The summed E-state index contributed by atoms with van der Waals surface area (Å²) in [5.74, 6) is 2.61. The third-order valence-electron chi connectivity index (χ3n) is 4.42. The maximum absolute atomic E-state index is 12.4. The SMILES string of the molecule is CC[C@H](Oc1cccc(C)c1C)C(=O)NCCSCc1ccc(C)cc1. The van der Waals surface area contributed by atoms with Crippen LogP contribution in [-0.2, 0) is 10.5 Å². The maximum atomic E-state index is 12.4. The Hall–Kier alpha value is -1.94. The second kappa shape index (κ2) is 10.3. The smallest absolute Gasteiger partial charge is 0.261 e. The van der Waals surface area contributed by atoms with Crippen molar-refractivity contribution in [3.63, 3.8) is 0 Å². The van der Waals surface area contributed by atoms with Crippen LogP contribution in [0.5, 0.6) is 5.75 Å². The highest BCUT2D eigenvalue weighted by molar-refractivity contribution is 7.98. The van der Waals surface area contributed by atoms with Crippen molar-refractivity contribution in [3.8, 4) is 5.75 Å². The van der Waals surface area contributed by atoms with Crippen LogP contribution in [0.3, 0.4) is 0 Å². The van der Waals surface area contributed by atoms with Gasteiger partial charge in [0.15, 0.2) is 6.10 Å². The summed E-state index contributed by atoms with van der Waals surface area (Å²) in [7, 11) is 0. The number of ether oxygens (including phenoxy) is 1. The molecule has 0 aliphatic rings. The first-order chi connectivity index (χ1) is 12.5. The van der Waals surface area contributed by atoms with Gasteiger partial charge in [0.2, 0.25) is 0 Å². The van der Waals surface area contributed by atoms with Crippen molar-refractivity contribution in [1.82, 2.24) is 5.32 Å².